The van der Waals surface area contributed by atoms with Gasteiger partial charge in [0.1, 0.15) is 0 Å². The lowest BCUT2D eigenvalue weighted by Crippen LogP contribution is -2.47. The van der Waals surface area contributed by atoms with Crippen LogP contribution in [-0.2, 0) is 21.4 Å². The fourth-order valence-corrected chi connectivity index (χ4v) is 2.50. The Bertz CT molecular complexity index is 497. The van der Waals surface area contributed by atoms with Gasteiger partial charge in [-0.25, -0.2) is 4.79 Å². The highest BCUT2D eigenvalue weighted by atomic mass is 32.2. The number of carbonyl (C=O) groups is 3. The van der Waals surface area contributed by atoms with Gasteiger partial charge in [-0.05, 0) is 0 Å². The molecule has 1 aromatic rings. The number of hydrogen-bond acceptors (Lipinski definition) is 5. The summed E-state index contributed by atoms with van der Waals surface area (Å²) in [6.07, 6.45) is 2.84. The Kier molecular flexibility index (Phi) is 3.37. The van der Waals surface area contributed by atoms with Crippen molar-refractivity contribution in [3.8, 4) is 0 Å². The van der Waals surface area contributed by atoms with Gasteiger partial charge in [0.05, 0.1) is 17.7 Å². The topological polar surface area (TPSA) is 92.5 Å². The standard InChI is InChI=1S/C10H11N3O4S/c1-12-3-6(2-11-12)9(10(16)17)13-7(14)4-18-5-8(13)15/h2-3,9H,4-5H2,1H3,(H,16,17). The molecule has 7 nitrogen and oxygen atoms in total. The molecule has 2 heterocycles. The normalized spacial score (nSPS) is 17.9. The van der Waals surface area contributed by atoms with Gasteiger partial charge in [-0.15, -0.1) is 11.8 Å². The number of hydrogen-bond donors (Lipinski definition) is 1. The van der Waals surface area contributed by atoms with Crippen LogP contribution in [0.5, 0.6) is 0 Å². The third kappa shape index (κ3) is 2.23. The highest BCUT2D eigenvalue weighted by Gasteiger charge is 2.38. The molecule has 18 heavy (non-hydrogen) atoms. The number of aromatic nitrogens is 2. The van der Waals surface area contributed by atoms with Crippen LogP contribution in [0.2, 0.25) is 0 Å². The molecular weight excluding hydrogens is 258 g/mol. The minimum absolute atomic E-state index is 0.121. The highest BCUT2D eigenvalue weighted by Crippen LogP contribution is 2.25. The Morgan fingerprint density at radius 3 is 2.50 bits per heavy atom. The number of aliphatic carboxylic acids is 1. The molecule has 1 saturated heterocycles. The van der Waals surface area contributed by atoms with Crippen molar-refractivity contribution in [2.24, 2.45) is 7.05 Å². The van der Waals surface area contributed by atoms with Gasteiger partial charge in [-0.2, -0.15) is 5.10 Å². The third-order valence-electron chi connectivity index (χ3n) is 2.52. The molecule has 0 aromatic carbocycles. The number of aryl methyl sites for hydroxylation is 1. The van der Waals surface area contributed by atoms with E-state index in [4.69, 9.17) is 0 Å². The first-order valence-electron chi connectivity index (χ1n) is 5.14. The van der Waals surface area contributed by atoms with Gasteiger partial charge < -0.3 is 5.11 Å². The van der Waals surface area contributed by atoms with Crippen LogP contribution in [0.4, 0.5) is 0 Å². The summed E-state index contributed by atoms with van der Waals surface area (Å²) in [7, 11) is 1.64. The largest absolute Gasteiger partial charge is 0.479 e. The zero-order valence-corrected chi connectivity index (χ0v) is 10.4. The van der Waals surface area contributed by atoms with Crippen molar-refractivity contribution in [1.29, 1.82) is 0 Å². The zero-order valence-electron chi connectivity index (χ0n) is 9.57. The van der Waals surface area contributed by atoms with Gasteiger partial charge in [0.2, 0.25) is 11.8 Å². The van der Waals surface area contributed by atoms with Crippen molar-refractivity contribution in [3.05, 3.63) is 18.0 Å². The Morgan fingerprint density at radius 1 is 1.44 bits per heavy atom. The maximum atomic E-state index is 11.7. The van der Waals surface area contributed by atoms with Crippen LogP contribution in [0.3, 0.4) is 0 Å². The number of rotatable bonds is 3. The second kappa shape index (κ2) is 4.81. The molecule has 0 radical (unpaired) electrons. The maximum absolute atomic E-state index is 11.7. The molecule has 0 saturated carbocycles. The molecule has 1 N–H and O–H groups in total. The van der Waals surface area contributed by atoms with Crippen molar-refractivity contribution >= 4 is 29.5 Å². The molecule has 1 atom stereocenters. The number of carboxylic acids is 1. The van der Waals surface area contributed by atoms with Crippen LogP contribution in [-0.4, -0.2) is 49.1 Å². The molecule has 1 fully saturated rings. The van der Waals surface area contributed by atoms with E-state index in [1.54, 1.807) is 7.05 Å². The van der Waals surface area contributed by atoms with Gasteiger partial charge in [0.15, 0.2) is 6.04 Å². The second-order valence-electron chi connectivity index (χ2n) is 3.84. The van der Waals surface area contributed by atoms with Crippen LogP contribution >= 0.6 is 11.8 Å². The van der Waals surface area contributed by atoms with E-state index < -0.39 is 23.8 Å². The average molecular weight is 269 g/mol. The molecule has 0 spiro atoms. The average Bonchev–Trinajstić information content (AvgIpc) is 2.69. The first-order valence-corrected chi connectivity index (χ1v) is 6.30. The Labute approximate surface area is 107 Å². The Balaban J connectivity index is 2.38. The number of amides is 2. The number of carboxylic acid groups (broad SMARTS) is 1. The molecular formula is C10H11N3O4S. The fourth-order valence-electron chi connectivity index (χ4n) is 1.78. The van der Waals surface area contributed by atoms with Crippen LogP contribution in [0.25, 0.3) is 0 Å². The van der Waals surface area contributed by atoms with Crippen molar-refractivity contribution in [2.75, 3.05) is 11.5 Å². The zero-order chi connectivity index (χ0) is 13.3. The van der Waals surface area contributed by atoms with E-state index in [0.717, 1.165) is 4.90 Å². The number of nitrogens with zero attached hydrogens (tertiary/aromatic N) is 3. The van der Waals surface area contributed by atoms with Gasteiger partial charge in [0, 0.05) is 18.8 Å². The Hall–Kier alpha value is -1.83. The molecule has 96 valence electrons. The van der Waals surface area contributed by atoms with Crippen LogP contribution in [0, 0.1) is 0 Å². The first-order chi connectivity index (χ1) is 8.50. The summed E-state index contributed by atoms with van der Waals surface area (Å²) >= 11 is 1.19. The van der Waals surface area contributed by atoms with Crippen molar-refractivity contribution < 1.29 is 19.5 Å². The molecule has 1 aliphatic rings. The van der Waals surface area contributed by atoms with E-state index >= 15 is 0 Å². The lowest BCUT2D eigenvalue weighted by molar-refractivity contribution is -0.156. The lowest BCUT2D eigenvalue weighted by atomic mass is 10.1. The summed E-state index contributed by atoms with van der Waals surface area (Å²) in [6, 6.07) is -1.29. The number of thioether (sulfide) groups is 1. The van der Waals surface area contributed by atoms with Gasteiger partial charge >= 0.3 is 5.97 Å². The van der Waals surface area contributed by atoms with Crippen LogP contribution in [0.1, 0.15) is 11.6 Å². The molecule has 0 aliphatic carbocycles. The monoisotopic (exact) mass is 269 g/mol. The minimum atomic E-state index is -1.29. The molecule has 0 bridgehead atoms. The highest BCUT2D eigenvalue weighted by molar-refractivity contribution is 8.00. The first kappa shape index (κ1) is 12.6. The molecule has 1 unspecified atom stereocenters. The van der Waals surface area contributed by atoms with Gasteiger partial charge in [-0.1, -0.05) is 0 Å². The van der Waals surface area contributed by atoms with Crippen molar-refractivity contribution in [2.45, 2.75) is 6.04 Å². The minimum Gasteiger partial charge on any atom is -0.479 e. The predicted octanol–water partition coefficient (Wildman–Crippen LogP) is -0.352. The number of carbonyl (C=O) groups excluding carboxylic acids is 2. The molecule has 1 aliphatic heterocycles. The van der Waals surface area contributed by atoms with Crippen LogP contribution < -0.4 is 0 Å². The fraction of sp³-hybridized carbons (Fsp3) is 0.400. The smallest absolute Gasteiger partial charge is 0.331 e. The molecule has 2 rings (SSSR count). The summed E-state index contributed by atoms with van der Waals surface area (Å²) in [5.74, 6) is -1.96. The van der Waals surface area contributed by atoms with Crippen molar-refractivity contribution in [1.82, 2.24) is 14.7 Å². The maximum Gasteiger partial charge on any atom is 0.331 e. The second-order valence-corrected chi connectivity index (χ2v) is 4.82. The van der Waals surface area contributed by atoms with E-state index in [2.05, 4.69) is 5.10 Å². The predicted molar refractivity (Wildman–Crippen MR) is 62.8 cm³/mol. The molecule has 2 amide bonds. The van der Waals surface area contributed by atoms with E-state index in [-0.39, 0.29) is 11.5 Å². The van der Waals surface area contributed by atoms with E-state index in [1.165, 1.54) is 28.8 Å². The molecule has 8 heteroatoms. The van der Waals surface area contributed by atoms with E-state index in [0.29, 0.717) is 5.56 Å². The lowest BCUT2D eigenvalue weighted by Gasteiger charge is -2.29. The van der Waals surface area contributed by atoms with E-state index in [1.807, 2.05) is 0 Å². The van der Waals surface area contributed by atoms with Gasteiger partial charge in [-0.3, -0.25) is 19.2 Å². The van der Waals surface area contributed by atoms with Gasteiger partial charge in [0.25, 0.3) is 0 Å². The van der Waals surface area contributed by atoms with E-state index in [9.17, 15) is 19.5 Å². The summed E-state index contributed by atoms with van der Waals surface area (Å²) in [5, 5.41) is 13.1. The third-order valence-corrected chi connectivity index (χ3v) is 3.42. The van der Waals surface area contributed by atoms with Crippen molar-refractivity contribution in [3.63, 3.8) is 0 Å². The van der Waals surface area contributed by atoms with Crippen LogP contribution in [0.15, 0.2) is 12.4 Å². The summed E-state index contributed by atoms with van der Waals surface area (Å²) < 4.78 is 1.43. The summed E-state index contributed by atoms with van der Waals surface area (Å²) in [5.41, 5.74) is 0.318. The number of imide groups is 1. The Morgan fingerprint density at radius 2 is 2.06 bits per heavy atom. The molecule has 1 aromatic heterocycles. The summed E-state index contributed by atoms with van der Waals surface area (Å²) in [4.78, 5) is 35.6. The summed E-state index contributed by atoms with van der Waals surface area (Å²) in [6.45, 7) is 0. The SMILES string of the molecule is Cn1cc(C(C(=O)O)N2C(=O)CSCC2=O)cn1. The quantitative estimate of drug-likeness (QED) is 0.754.